The van der Waals surface area contributed by atoms with Crippen molar-refractivity contribution in [1.29, 1.82) is 0 Å². The van der Waals surface area contributed by atoms with Crippen molar-refractivity contribution < 1.29 is 4.39 Å². The van der Waals surface area contributed by atoms with Crippen LogP contribution in [0.1, 0.15) is 31.4 Å². The molecule has 2 rings (SSSR count). The summed E-state index contributed by atoms with van der Waals surface area (Å²) in [6, 6.07) is 16.9. The topological polar surface area (TPSA) is 29.3 Å². The zero-order valence-electron chi connectivity index (χ0n) is 12.5. The maximum absolute atomic E-state index is 13.0. The molecule has 0 aliphatic carbocycles. The highest BCUT2D eigenvalue weighted by atomic mass is 19.1. The van der Waals surface area contributed by atoms with Crippen LogP contribution in [0.5, 0.6) is 0 Å². The Morgan fingerprint density at radius 2 is 1.71 bits per heavy atom. The van der Waals surface area contributed by atoms with Gasteiger partial charge in [-0.25, -0.2) is 4.39 Å². The molecule has 3 heteroatoms. The average Bonchev–Trinajstić information content (AvgIpc) is 2.53. The second-order valence-corrected chi connectivity index (χ2v) is 5.22. The Kier molecular flexibility index (Phi) is 5.76. The monoisotopic (exact) mass is 286 g/mol. The molecule has 0 amide bonds. The Bertz CT molecular complexity index is 525. The fourth-order valence-electron chi connectivity index (χ4n) is 2.49. The van der Waals surface area contributed by atoms with E-state index in [-0.39, 0.29) is 11.9 Å². The van der Waals surface area contributed by atoms with E-state index in [4.69, 9.17) is 5.73 Å². The molecule has 0 bridgehead atoms. The molecule has 112 valence electrons. The molecule has 1 atom stereocenters. The summed E-state index contributed by atoms with van der Waals surface area (Å²) in [5.41, 5.74) is 8.46. The van der Waals surface area contributed by atoms with Crippen LogP contribution in [-0.2, 0) is 0 Å². The Morgan fingerprint density at radius 3 is 2.33 bits per heavy atom. The first-order chi connectivity index (χ1) is 10.2. The summed E-state index contributed by atoms with van der Waals surface area (Å²) in [5.74, 6) is -0.194. The van der Waals surface area contributed by atoms with E-state index in [9.17, 15) is 4.39 Å². The standard InChI is InChI=1S/C18H23FN2/c1-2-21(17-12-10-16(19)11-13-17)14-6-9-18(20)15-7-4-3-5-8-15/h3-5,7-8,10-13,18H,2,6,9,14,20H2,1H3. The fraction of sp³-hybridized carbons (Fsp3) is 0.333. The van der Waals surface area contributed by atoms with Gasteiger partial charge < -0.3 is 10.6 Å². The van der Waals surface area contributed by atoms with Gasteiger partial charge in [-0.1, -0.05) is 30.3 Å². The molecule has 2 N–H and O–H groups in total. The van der Waals surface area contributed by atoms with E-state index in [1.54, 1.807) is 0 Å². The molecule has 0 aliphatic rings. The summed E-state index contributed by atoms with van der Waals surface area (Å²) >= 11 is 0. The van der Waals surface area contributed by atoms with E-state index in [1.165, 1.54) is 17.7 Å². The molecule has 0 heterocycles. The maximum Gasteiger partial charge on any atom is 0.123 e. The third-order valence-corrected chi connectivity index (χ3v) is 3.74. The molecule has 0 fully saturated rings. The van der Waals surface area contributed by atoms with Gasteiger partial charge in [-0.05, 0) is 49.6 Å². The van der Waals surface area contributed by atoms with E-state index in [0.29, 0.717) is 0 Å². The Morgan fingerprint density at radius 1 is 1.05 bits per heavy atom. The van der Waals surface area contributed by atoms with Gasteiger partial charge in [0, 0.05) is 24.8 Å². The second kappa shape index (κ2) is 7.79. The van der Waals surface area contributed by atoms with Gasteiger partial charge in [0.1, 0.15) is 5.82 Å². The zero-order chi connectivity index (χ0) is 15.1. The van der Waals surface area contributed by atoms with E-state index in [0.717, 1.165) is 31.6 Å². The second-order valence-electron chi connectivity index (χ2n) is 5.22. The number of hydrogen-bond donors (Lipinski definition) is 1. The molecule has 0 saturated carbocycles. The molecule has 0 radical (unpaired) electrons. The average molecular weight is 286 g/mol. The Balaban J connectivity index is 1.85. The number of halogens is 1. The van der Waals surface area contributed by atoms with Crippen LogP contribution in [0.4, 0.5) is 10.1 Å². The van der Waals surface area contributed by atoms with Gasteiger partial charge in [-0.15, -0.1) is 0 Å². The largest absolute Gasteiger partial charge is 0.372 e. The lowest BCUT2D eigenvalue weighted by Gasteiger charge is -2.24. The minimum Gasteiger partial charge on any atom is -0.372 e. The van der Waals surface area contributed by atoms with Crippen molar-refractivity contribution in [3.8, 4) is 0 Å². The quantitative estimate of drug-likeness (QED) is 0.829. The highest BCUT2D eigenvalue weighted by molar-refractivity contribution is 5.45. The predicted molar refractivity (Wildman–Crippen MR) is 86.9 cm³/mol. The molecular formula is C18H23FN2. The van der Waals surface area contributed by atoms with Gasteiger partial charge in [0.15, 0.2) is 0 Å². The van der Waals surface area contributed by atoms with Crippen LogP contribution in [-0.4, -0.2) is 13.1 Å². The lowest BCUT2D eigenvalue weighted by Crippen LogP contribution is -2.24. The van der Waals surface area contributed by atoms with Crippen molar-refractivity contribution in [1.82, 2.24) is 0 Å². The van der Waals surface area contributed by atoms with Gasteiger partial charge in [-0.2, -0.15) is 0 Å². The number of anilines is 1. The third kappa shape index (κ3) is 4.57. The molecule has 2 aromatic carbocycles. The molecule has 2 nitrogen and oxygen atoms in total. The van der Waals surface area contributed by atoms with Gasteiger partial charge in [0.2, 0.25) is 0 Å². The zero-order valence-corrected chi connectivity index (χ0v) is 12.5. The van der Waals surface area contributed by atoms with Crippen molar-refractivity contribution in [2.75, 3.05) is 18.0 Å². The van der Waals surface area contributed by atoms with Crippen molar-refractivity contribution in [2.24, 2.45) is 5.73 Å². The van der Waals surface area contributed by atoms with Crippen LogP contribution in [0.25, 0.3) is 0 Å². The summed E-state index contributed by atoms with van der Waals surface area (Å²) in [5, 5.41) is 0. The first kappa shape index (κ1) is 15.5. The van der Waals surface area contributed by atoms with Crippen molar-refractivity contribution in [3.05, 3.63) is 66.0 Å². The molecule has 0 aliphatic heterocycles. The predicted octanol–water partition coefficient (Wildman–Crippen LogP) is 4.13. The van der Waals surface area contributed by atoms with Crippen LogP contribution in [0, 0.1) is 5.82 Å². The number of nitrogens with zero attached hydrogens (tertiary/aromatic N) is 1. The number of benzene rings is 2. The molecule has 0 saturated heterocycles. The van der Waals surface area contributed by atoms with Crippen LogP contribution in [0.2, 0.25) is 0 Å². The summed E-state index contributed by atoms with van der Waals surface area (Å²) in [6.45, 7) is 3.95. The highest BCUT2D eigenvalue weighted by Gasteiger charge is 2.08. The third-order valence-electron chi connectivity index (χ3n) is 3.74. The Hall–Kier alpha value is -1.87. The van der Waals surface area contributed by atoms with Crippen molar-refractivity contribution in [3.63, 3.8) is 0 Å². The highest BCUT2D eigenvalue weighted by Crippen LogP contribution is 2.18. The van der Waals surface area contributed by atoms with Crippen LogP contribution in [0.3, 0.4) is 0 Å². The van der Waals surface area contributed by atoms with E-state index >= 15 is 0 Å². The maximum atomic E-state index is 13.0. The lowest BCUT2D eigenvalue weighted by atomic mass is 10.0. The molecule has 21 heavy (non-hydrogen) atoms. The number of nitrogens with two attached hydrogens (primary N) is 1. The summed E-state index contributed by atoms with van der Waals surface area (Å²) in [6.07, 6.45) is 1.96. The summed E-state index contributed by atoms with van der Waals surface area (Å²) < 4.78 is 13.0. The van der Waals surface area contributed by atoms with E-state index in [1.807, 2.05) is 30.3 Å². The lowest BCUT2D eigenvalue weighted by molar-refractivity contribution is 0.601. The smallest absolute Gasteiger partial charge is 0.123 e. The van der Waals surface area contributed by atoms with E-state index in [2.05, 4.69) is 24.0 Å². The summed E-state index contributed by atoms with van der Waals surface area (Å²) in [7, 11) is 0. The fourth-order valence-corrected chi connectivity index (χ4v) is 2.49. The van der Waals surface area contributed by atoms with Crippen molar-refractivity contribution >= 4 is 5.69 Å². The number of rotatable bonds is 7. The first-order valence-electron chi connectivity index (χ1n) is 7.51. The molecule has 0 aromatic heterocycles. The molecule has 2 aromatic rings. The number of hydrogen-bond acceptors (Lipinski definition) is 2. The van der Waals surface area contributed by atoms with Gasteiger partial charge >= 0.3 is 0 Å². The van der Waals surface area contributed by atoms with Crippen LogP contribution >= 0.6 is 0 Å². The molecule has 1 unspecified atom stereocenters. The summed E-state index contributed by atoms with van der Waals surface area (Å²) in [4.78, 5) is 2.25. The minimum atomic E-state index is -0.194. The van der Waals surface area contributed by atoms with Crippen LogP contribution in [0.15, 0.2) is 54.6 Å². The van der Waals surface area contributed by atoms with Gasteiger partial charge in [0.05, 0.1) is 0 Å². The van der Waals surface area contributed by atoms with E-state index < -0.39 is 0 Å². The van der Waals surface area contributed by atoms with Crippen molar-refractivity contribution in [2.45, 2.75) is 25.8 Å². The van der Waals surface area contributed by atoms with Gasteiger partial charge in [-0.3, -0.25) is 0 Å². The normalized spacial score (nSPS) is 12.1. The minimum absolute atomic E-state index is 0.0816. The molecule has 0 spiro atoms. The first-order valence-corrected chi connectivity index (χ1v) is 7.51. The van der Waals surface area contributed by atoms with Crippen LogP contribution < -0.4 is 10.6 Å². The Labute approximate surface area is 126 Å². The molecular weight excluding hydrogens is 263 g/mol. The SMILES string of the molecule is CCN(CCCC(N)c1ccccc1)c1ccc(F)cc1. The van der Waals surface area contributed by atoms with Gasteiger partial charge in [0.25, 0.3) is 0 Å².